The molecule has 2 unspecified atom stereocenters. The van der Waals surface area contributed by atoms with Crippen molar-refractivity contribution in [2.75, 3.05) is 139 Å². The van der Waals surface area contributed by atoms with Gasteiger partial charge in [0.25, 0.3) is 0 Å². The maximum Gasteiger partial charge on any atom is 0.0807 e. The minimum atomic E-state index is 0.0279. The van der Waals surface area contributed by atoms with E-state index in [4.69, 9.17) is 57.2 Å². The van der Waals surface area contributed by atoms with Crippen LogP contribution in [0.4, 0.5) is 0 Å². The Labute approximate surface area is 267 Å². The van der Waals surface area contributed by atoms with Crippen LogP contribution in [0.1, 0.15) is 59.3 Å². The first-order valence-corrected chi connectivity index (χ1v) is 16.8. The molecule has 0 bridgehead atoms. The van der Waals surface area contributed by atoms with Crippen LogP contribution in [0.15, 0.2) is 0 Å². The molecule has 0 rings (SSSR count). The number of rotatable bonds is 39. The first-order valence-electron chi connectivity index (χ1n) is 16.8. The van der Waals surface area contributed by atoms with E-state index in [9.17, 15) is 0 Å². The molecule has 44 heavy (non-hydrogen) atoms. The van der Waals surface area contributed by atoms with Crippen molar-refractivity contribution < 1.29 is 57.2 Å². The molecule has 2 atom stereocenters. The topological polar surface area (TPSA) is 122 Å². The average Bonchev–Trinajstić information content (AvgIpc) is 3.03. The van der Waals surface area contributed by atoms with Crippen LogP contribution < -0.4 is 0 Å². The van der Waals surface area contributed by atoms with Gasteiger partial charge in [-0.15, -0.1) is 0 Å². The second kappa shape index (κ2) is 38.7. The lowest BCUT2D eigenvalue weighted by atomic mass is 10.1. The first kappa shape index (κ1) is 43.5. The molecular formula is C32H66O12. The highest BCUT2D eigenvalue weighted by molar-refractivity contribution is 4.60. The summed E-state index contributed by atoms with van der Waals surface area (Å²) in [5, 5.41) is 8.58. The van der Waals surface area contributed by atoms with Crippen LogP contribution in [0.25, 0.3) is 0 Å². The molecule has 12 nitrogen and oxygen atoms in total. The summed E-state index contributed by atoms with van der Waals surface area (Å²) in [4.78, 5) is 0. The van der Waals surface area contributed by atoms with Gasteiger partial charge < -0.3 is 57.2 Å². The Bertz CT molecular complexity index is 518. The van der Waals surface area contributed by atoms with E-state index in [2.05, 4.69) is 13.8 Å². The summed E-state index contributed by atoms with van der Waals surface area (Å²) >= 11 is 0. The van der Waals surface area contributed by atoms with Gasteiger partial charge in [-0.25, -0.2) is 0 Å². The van der Waals surface area contributed by atoms with Crippen molar-refractivity contribution in [1.82, 2.24) is 0 Å². The minimum absolute atomic E-state index is 0.0279. The lowest BCUT2D eigenvalue weighted by molar-refractivity contribution is -0.0733. The zero-order valence-electron chi connectivity index (χ0n) is 28.2. The molecule has 0 aromatic carbocycles. The summed E-state index contributed by atoms with van der Waals surface area (Å²) in [7, 11) is 0. The number of aliphatic hydroxyl groups is 1. The van der Waals surface area contributed by atoms with Crippen LogP contribution >= 0.6 is 0 Å². The molecule has 0 radical (unpaired) electrons. The van der Waals surface area contributed by atoms with Gasteiger partial charge in [-0.05, 0) is 20.3 Å². The molecule has 0 saturated carbocycles. The molecule has 266 valence electrons. The fourth-order valence-corrected chi connectivity index (χ4v) is 3.64. The van der Waals surface area contributed by atoms with E-state index in [1.54, 1.807) is 0 Å². The van der Waals surface area contributed by atoms with Crippen molar-refractivity contribution in [2.24, 2.45) is 0 Å². The Morgan fingerprint density at radius 2 is 0.614 bits per heavy atom. The van der Waals surface area contributed by atoms with Crippen LogP contribution in [0.3, 0.4) is 0 Å². The van der Waals surface area contributed by atoms with Crippen LogP contribution in [-0.4, -0.2) is 156 Å². The highest BCUT2D eigenvalue weighted by Gasteiger charge is 2.12. The van der Waals surface area contributed by atoms with Crippen LogP contribution in [0.2, 0.25) is 0 Å². The Balaban J connectivity index is 3.17. The SMILES string of the molecule is CCCCCCCCOC(C)C(C)OCCOCCOCCOCCOCCOCCOCCOCCOCCOCCO. The van der Waals surface area contributed by atoms with Crippen molar-refractivity contribution in [3.63, 3.8) is 0 Å². The van der Waals surface area contributed by atoms with E-state index in [-0.39, 0.29) is 18.8 Å². The fraction of sp³-hybridized carbons (Fsp3) is 1.00. The van der Waals surface area contributed by atoms with Gasteiger partial charge in [0, 0.05) is 6.61 Å². The zero-order valence-corrected chi connectivity index (χ0v) is 28.2. The summed E-state index contributed by atoms with van der Waals surface area (Å²) in [6, 6.07) is 0. The van der Waals surface area contributed by atoms with E-state index >= 15 is 0 Å². The third kappa shape index (κ3) is 36.0. The molecule has 0 aliphatic rings. The van der Waals surface area contributed by atoms with Gasteiger partial charge in [0.1, 0.15) is 0 Å². The van der Waals surface area contributed by atoms with Crippen LogP contribution in [0, 0.1) is 0 Å². The maximum absolute atomic E-state index is 8.58. The quantitative estimate of drug-likeness (QED) is 0.0991. The lowest BCUT2D eigenvalue weighted by Crippen LogP contribution is -2.28. The summed E-state index contributed by atoms with van der Waals surface area (Å²) in [5.74, 6) is 0. The molecule has 0 spiro atoms. The van der Waals surface area contributed by atoms with Crippen LogP contribution in [-0.2, 0) is 52.1 Å². The molecule has 0 aromatic rings. The highest BCUT2D eigenvalue weighted by Crippen LogP contribution is 2.08. The molecule has 0 amide bonds. The number of unbranched alkanes of at least 4 members (excludes halogenated alkanes) is 5. The van der Waals surface area contributed by atoms with Crippen molar-refractivity contribution in [3.05, 3.63) is 0 Å². The molecule has 0 saturated heterocycles. The molecule has 0 aliphatic carbocycles. The fourth-order valence-electron chi connectivity index (χ4n) is 3.64. The molecule has 0 aliphatic heterocycles. The van der Waals surface area contributed by atoms with E-state index < -0.39 is 0 Å². The number of aliphatic hydroxyl groups excluding tert-OH is 1. The number of hydrogen-bond acceptors (Lipinski definition) is 12. The van der Waals surface area contributed by atoms with E-state index in [1.165, 1.54) is 32.1 Å². The maximum atomic E-state index is 8.58. The predicted molar refractivity (Wildman–Crippen MR) is 169 cm³/mol. The van der Waals surface area contributed by atoms with Gasteiger partial charge >= 0.3 is 0 Å². The third-order valence-corrected chi connectivity index (χ3v) is 6.36. The van der Waals surface area contributed by atoms with Gasteiger partial charge in [0.2, 0.25) is 0 Å². The summed E-state index contributed by atoms with van der Waals surface area (Å²) < 4.78 is 60.5. The number of ether oxygens (including phenoxy) is 11. The van der Waals surface area contributed by atoms with Gasteiger partial charge in [-0.1, -0.05) is 39.0 Å². The van der Waals surface area contributed by atoms with E-state index in [0.29, 0.717) is 126 Å². The molecule has 1 N–H and O–H groups in total. The Morgan fingerprint density at radius 3 is 0.955 bits per heavy atom. The normalized spacial score (nSPS) is 13.1. The monoisotopic (exact) mass is 642 g/mol. The lowest BCUT2D eigenvalue weighted by Gasteiger charge is -2.21. The second-order valence-electron chi connectivity index (χ2n) is 10.2. The average molecular weight is 643 g/mol. The third-order valence-electron chi connectivity index (χ3n) is 6.36. The molecule has 12 heteroatoms. The highest BCUT2D eigenvalue weighted by atomic mass is 16.6. The molecule has 0 heterocycles. The van der Waals surface area contributed by atoms with Crippen LogP contribution in [0.5, 0.6) is 0 Å². The minimum Gasteiger partial charge on any atom is -0.394 e. The van der Waals surface area contributed by atoms with Gasteiger partial charge in [0.15, 0.2) is 0 Å². The van der Waals surface area contributed by atoms with Crippen molar-refractivity contribution >= 4 is 0 Å². The number of hydrogen-bond donors (Lipinski definition) is 1. The Morgan fingerprint density at radius 1 is 0.341 bits per heavy atom. The van der Waals surface area contributed by atoms with Crippen molar-refractivity contribution in [3.8, 4) is 0 Å². The van der Waals surface area contributed by atoms with Crippen molar-refractivity contribution in [1.29, 1.82) is 0 Å². The first-order chi connectivity index (χ1) is 21.7. The molecular weight excluding hydrogens is 576 g/mol. The summed E-state index contributed by atoms with van der Waals surface area (Å²) in [5.41, 5.74) is 0. The molecule has 0 fully saturated rings. The Kier molecular flexibility index (Phi) is 38.3. The zero-order chi connectivity index (χ0) is 32.0. The molecule has 0 aromatic heterocycles. The standard InChI is InChI=1S/C32H66O12/c1-4-5-6-7-8-9-11-43-31(2)32(3)44-30-29-42-28-27-41-26-25-40-24-23-39-22-21-38-20-19-37-18-17-36-16-15-35-14-13-34-12-10-33/h31-33H,4-30H2,1-3H3. The summed E-state index contributed by atoms with van der Waals surface area (Å²) in [6.45, 7) is 16.8. The second-order valence-corrected chi connectivity index (χ2v) is 10.2. The Hall–Kier alpha value is -0.480. The van der Waals surface area contributed by atoms with Crippen molar-refractivity contribution in [2.45, 2.75) is 71.5 Å². The predicted octanol–water partition coefficient (Wildman–Crippen LogP) is 3.30. The van der Waals surface area contributed by atoms with E-state index in [0.717, 1.165) is 13.0 Å². The van der Waals surface area contributed by atoms with Gasteiger partial charge in [0.05, 0.1) is 144 Å². The largest absolute Gasteiger partial charge is 0.394 e. The van der Waals surface area contributed by atoms with Gasteiger partial charge in [-0.2, -0.15) is 0 Å². The van der Waals surface area contributed by atoms with Gasteiger partial charge in [-0.3, -0.25) is 0 Å². The van der Waals surface area contributed by atoms with E-state index in [1.807, 2.05) is 6.92 Å². The smallest absolute Gasteiger partial charge is 0.0807 e. The summed E-state index contributed by atoms with van der Waals surface area (Å²) in [6.07, 6.45) is 7.76.